The molecule has 27 heavy (non-hydrogen) atoms. The molecule has 0 radical (unpaired) electrons. The van der Waals surface area contributed by atoms with E-state index in [1.807, 2.05) is 43.7 Å². The predicted molar refractivity (Wildman–Crippen MR) is 109 cm³/mol. The zero-order chi connectivity index (χ0) is 19.2. The van der Waals surface area contributed by atoms with Crippen molar-refractivity contribution in [2.45, 2.75) is 13.1 Å². The minimum Gasteiger partial charge on any atom is -0.340 e. The molecule has 0 spiro atoms. The summed E-state index contributed by atoms with van der Waals surface area (Å²) in [5.41, 5.74) is 2.25. The van der Waals surface area contributed by atoms with Gasteiger partial charge in [0.1, 0.15) is 0 Å². The van der Waals surface area contributed by atoms with Gasteiger partial charge >= 0.3 is 0 Å². The van der Waals surface area contributed by atoms with Gasteiger partial charge in [-0.3, -0.25) is 19.6 Å². The van der Waals surface area contributed by atoms with Crippen molar-refractivity contribution in [3.63, 3.8) is 0 Å². The molecule has 3 rings (SSSR count). The molecule has 1 aromatic heterocycles. The van der Waals surface area contributed by atoms with Crippen molar-refractivity contribution in [3.8, 4) is 0 Å². The van der Waals surface area contributed by atoms with E-state index in [9.17, 15) is 4.79 Å². The first-order chi connectivity index (χ1) is 13.0. The van der Waals surface area contributed by atoms with Gasteiger partial charge in [-0.2, -0.15) is 0 Å². The van der Waals surface area contributed by atoms with Crippen LogP contribution in [0.3, 0.4) is 0 Å². The average Bonchev–Trinajstić information content (AvgIpc) is 2.67. The Bertz CT molecular complexity index is 764. The van der Waals surface area contributed by atoms with Crippen molar-refractivity contribution in [2.24, 2.45) is 0 Å². The van der Waals surface area contributed by atoms with Crippen molar-refractivity contribution in [2.75, 3.05) is 39.8 Å². The molecule has 1 aromatic carbocycles. The number of nitrogens with zero attached hydrogens (tertiary/aromatic N) is 4. The molecular weight excluding hydrogens is 383 g/mol. The Kier molecular flexibility index (Phi) is 7.07. The highest BCUT2D eigenvalue weighted by molar-refractivity contribution is 6.42. The van der Waals surface area contributed by atoms with Crippen LogP contribution in [0.4, 0.5) is 0 Å². The number of piperazine rings is 1. The van der Waals surface area contributed by atoms with Crippen molar-refractivity contribution >= 4 is 29.1 Å². The van der Waals surface area contributed by atoms with E-state index in [0.717, 1.165) is 38.3 Å². The summed E-state index contributed by atoms with van der Waals surface area (Å²) in [6, 6.07) is 9.57. The second kappa shape index (κ2) is 9.51. The fourth-order valence-corrected chi connectivity index (χ4v) is 3.48. The van der Waals surface area contributed by atoms with Crippen LogP contribution >= 0.6 is 23.2 Å². The minimum absolute atomic E-state index is 0.114. The van der Waals surface area contributed by atoms with Crippen LogP contribution in [0.2, 0.25) is 10.0 Å². The maximum absolute atomic E-state index is 12.5. The summed E-state index contributed by atoms with van der Waals surface area (Å²) in [4.78, 5) is 23.0. The number of rotatable bonds is 6. The van der Waals surface area contributed by atoms with E-state index in [-0.39, 0.29) is 5.91 Å². The van der Waals surface area contributed by atoms with Gasteiger partial charge in [-0.05, 0) is 35.4 Å². The number of pyridine rings is 1. The zero-order valence-electron chi connectivity index (χ0n) is 15.4. The lowest BCUT2D eigenvalue weighted by molar-refractivity contribution is -0.132. The Morgan fingerprint density at radius 1 is 1.00 bits per heavy atom. The maximum Gasteiger partial charge on any atom is 0.236 e. The molecule has 7 heteroatoms. The van der Waals surface area contributed by atoms with Crippen LogP contribution in [0, 0.1) is 0 Å². The fourth-order valence-electron chi connectivity index (χ4n) is 3.16. The molecule has 1 fully saturated rings. The second-order valence-electron chi connectivity index (χ2n) is 6.91. The fraction of sp³-hybridized carbons (Fsp3) is 0.400. The summed E-state index contributed by atoms with van der Waals surface area (Å²) >= 11 is 12.0. The Morgan fingerprint density at radius 3 is 2.33 bits per heavy atom. The van der Waals surface area contributed by atoms with Crippen LogP contribution in [0.1, 0.15) is 11.1 Å². The standard InChI is InChI=1S/C20H24Cl2N4O/c1-24(13-17-2-3-18(21)19(22)12-17)20(27)15-26-10-8-25(9-11-26)14-16-4-6-23-7-5-16/h2-7,12H,8-11,13-15H2,1H3. The molecule has 0 bridgehead atoms. The highest BCUT2D eigenvalue weighted by atomic mass is 35.5. The highest BCUT2D eigenvalue weighted by Crippen LogP contribution is 2.23. The Hall–Kier alpha value is -1.66. The molecule has 0 saturated carbocycles. The molecule has 0 atom stereocenters. The van der Waals surface area contributed by atoms with Crippen molar-refractivity contribution in [1.82, 2.24) is 19.7 Å². The SMILES string of the molecule is CN(Cc1ccc(Cl)c(Cl)c1)C(=O)CN1CCN(Cc2ccncc2)CC1. The van der Waals surface area contributed by atoms with E-state index < -0.39 is 0 Å². The number of carbonyl (C=O) groups is 1. The number of hydrogen-bond donors (Lipinski definition) is 0. The van der Waals surface area contributed by atoms with Crippen LogP contribution in [-0.4, -0.2) is 65.4 Å². The van der Waals surface area contributed by atoms with Crippen molar-refractivity contribution < 1.29 is 4.79 Å². The molecule has 2 aromatic rings. The zero-order valence-corrected chi connectivity index (χ0v) is 17.0. The first-order valence-electron chi connectivity index (χ1n) is 9.03. The van der Waals surface area contributed by atoms with E-state index in [1.165, 1.54) is 5.56 Å². The van der Waals surface area contributed by atoms with Crippen LogP contribution < -0.4 is 0 Å². The molecule has 5 nitrogen and oxygen atoms in total. The Labute approximate surface area is 170 Å². The maximum atomic E-state index is 12.5. The van der Waals surface area contributed by atoms with E-state index in [0.29, 0.717) is 23.1 Å². The summed E-state index contributed by atoms with van der Waals surface area (Å²) < 4.78 is 0. The van der Waals surface area contributed by atoms with Gasteiger partial charge < -0.3 is 4.90 Å². The van der Waals surface area contributed by atoms with Gasteiger partial charge in [0.05, 0.1) is 16.6 Å². The highest BCUT2D eigenvalue weighted by Gasteiger charge is 2.20. The summed E-state index contributed by atoms with van der Waals surface area (Å²) in [6.07, 6.45) is 3.65. The molecule has 0 N–H and O–H groups in total. The molecular formula is C20H24Cl2N4O. The van der Waals surface area contributed by atoms with E-state index in [1.54, 1.807) is 11.0 Å². The van der Waals surface area contributed by atoms with Gasteiger partial charge in [-0.15, -0.1) is 0 Å². The van der Waals surface area contributed by atoms with Gasteiger partial charge in [-0.25, -0.2) is 0 Å². The van der Waals surface area contributed by atoms with Crippen molar-refractivity contribution in [1.29, 1.82) is 0 Å². The smallest absolute Gasteiger partial charge is 0.236 e. The van der Waals surface area contributed by atoms with Crippen LogP contribution in [0.5, 0.6) is 0 Å². The summed E-state index contributed by atoms with van der Waals surface area (Å²) in [7, 11) is 1.82. The van der Waals surface area contributed by atoms with Crippen LogP contribution in [0.25, 0.3) is 0 Å². The lowest BCUT2D eigenvalue weighted by atomic mass is 10.2. The molecule has 0 aliphatic carbocycles. The Morgan fingerprint density at radius 2 is 1.67 bits per heavy atom. The van der Waals surface area contributed by atoms with Gasteiger partial charge in [0.2, 0.25) is 5.91 Å². The quantitative estimate of drug-likeness (QED) is 0.738. The van der Waals surface area contributed by atoms with Gasteiger partial charge in [0.25, 0.3) is 0 Å². The molecule has 2 heterocycles. The molecule has 1 aliphatic rings. The summed E-state index contributed by atoms with van der Waals surface area (Å²) in [5.74, 6) is 0.114. The normalized spacial score (nSPS) is 15.7. The third-order valence-electron chi connectivity index (χ3n) is 4.81. The molecule has 1 amide bonds. The average molecular weight is 407 g/mol. The monoisotopic (exact) mass is 406 g/mol. The summed E-state index contributed by atoms with van der Waals surface area (Å²) in [6.45, 7) is 5.63. The second-order valence-corrected chi connectivity index (χ2v) is 7.72. The number of aromatic nitrogens is 1. The van der Waals surface area contributed by atoms with Crippen molar-refractivity contribution in [3.05, 3.63) is 63.9 Å². The van der Waals surface area contributed by atoms with Crippen LogP contribution in [0.15, 0.2) is 42.7 Å². The lowest BCUT2D eigenvalue weighted by Crippen LogP contribution is -2.49. The van der Waals surface area contributed by atoms with Crippen LogP contribution in [-0.2, 0) is 17.9 Å². The van der Waals surface area contributed by atoms with Gasteiger partial charge in [-0.1, -0.05) is 29.3 Å². The number of halogens is 2. The summed E-state index contributed by atoms with van der Waals surface area (Å²) in [5, 5.41) is 1.04. The largest absolute Gasteiger partial charge is 0.340 e. The number of carbonyl (C=O) groups excluding carboxylic acids is 1. The number of benzene rings is 1. The molecule has 1 saturated heterocycles. The number of likely N-dealkylation sites (N-methyl/N-ethyl adjacent to an activating group) is 1. The van der Waals surface area contributed by atoms with E-state index in [4.69, 9.17) is 23.2 Å². The Balaban J connectivity index is 1.43. The lowest BCUT2D eigenvalue weighted by Gasteiger charge is -2.35. The number of amides is 1. The predicted octanol–water partition coefficient (Wildman–Crippen LogP) is 3.16. The molecule has 144 valence electrons. The van der Waals surface area contributed by atoms with E-state index in [2.05, 4.69) is 14.8 Å². The van der Waals surface area contributed by atoms with Gasteiger partial charge in [0.15, 0.2) is 0 Å². The minimum atomic E-state index is 0.114. The topological polar surface area (TPSA) is 39.7 Å². The van der Waals surface area contributed by atoms with Gasteiger partial charge in [0, 0.05) is 58.7 Å². The van der Waals surface area contributed by atoms with E-state index >= 15 is 0 Å². The number of hydrogen-bond acceptors (Lipinski definition) is 4. The third kappa shape index (κ3) is 5.91. The molecule has 1 aliphatic heterocycles. The first-order valence-corrected chi connectivity index (χ1v) is 9.78. The first kappa shape index (κ1) is 20.1. The molecule has 0 unspecified atom stereocenters. The third-order valence-corrected chi connectivity index (χ3v) is 5.55.